The van der Waals surface area contributed by atoms with E-state index in [0.717, 1.165) is 4.47 Å². The van der Waals surface area contributed by atoms with E-state index in [1.807, 2.05) is 0 Å². The Kier molecular flexibility index (Phi) is 4.36. The van der Waals surface area contributed by atoms with Gasteiger partial charge in [0.05, 0.1) is 0 Å². The normalized spacial score (nSPS) is 11.4. The third kappa shape index (κ3) is 3.22. The third-order valence-corrected chi connectivity index (χ3v) is 6.73. The quantitative estimate of drug-likeness (QED) is 0.242. The monoisotopic (exact) mass is 458 g/mol. The van der Waals surface area contributed by atoms with Gasteiger partial charge in [0.25, 0.3) is 0 Å². The average Bonchev–Trinajstić information content (AvgIpc) is 2.82. The molecule has 0 saturated carbocycles. The zero-order valence-corrected chi connectivity index (χ0v) is 18.4. The van der Waals surface area contributed by atoms with Crippen LogP contribution in [0.25, 0.3) is 54.6 Å². The van der Waals surface area contributed by atoms with Crippen molar-refractivity contribution in [3.8, 4) is 22.3 Å². The van der Waals surface area contributed by atoms with Crippen LogP contribution < -0.4 is 0 Å². The molecule has 0 aliphatic carbocycles. The number of rotatable bonds is 2. The minimum Gasteiger partial charge on any atom is -0.0616 e. The highest BCUT2D eigenvalue weighted by molar-refractivity contribution is 9.10. The predicted octanol–water partition coefficient (Wildman–Crippen LogP) is 9.24. The van der Waals surface area contributed by atoms with Crippen LogP contribution in [0.3, 0.4) is 0 Å². The van der Waals surface area contributed by atoms with E-state index in [9.17, 15) is 0 Å². The minimum absolute atomic E-state index is 1.11. The van der Waals surface area contributed by atoms with E-state index in [0.29, 0.717) is 0 Å². The molecule has 0 radical (unpaired) electrons. The number of hydrogen-bond donors (Lipinski definition) is 0. The molecule has 6 rings (SSSR count). The summed E-state index contributed by atoms with van der Waals surface area (Å²) in [5.74, 6) is 0. The van der Waals surface area contributed by atoms with Gasteiger partial charge in [-0.15, -0.1) is 0 Å². The van der Waals surface area contributed by atoms with Gasteiger partial charge in [0.1, 0.15) is 0 Å². The molecule has 31 heavy (non-hydrogen) atoms. The molecule has 6 aromatic rings. The van der Waals surface area contributed by atoms with Crippen LogP contribution in [-0.4, -0.2) is 0 Å². The molecule has 146 valence electrons. The van der Waals surface area contributed by atoms with Crippen LogP contribution in [0.15, 0.2) is 120 Å². The first kappa shape index (κ1) is 18.4. The van der Waals surface area contributed by atoms with Crippen molar-refractivity contribution in [2.24, 2.45) is 0 Å². The summed E-state index contributed by atoms with van der Waals surface area (Å²) in [6.07, 6.45) is 0. The smallest absolute Gasteiger partial charge is 0.0260 e. The van der Waals surface area contributed by atoms with Gasteiger partial charge in [0.15, 0.2) is 0 Å². The highest BCUT2D eigenvalue weighted by atomic mass is 79.9. The van der Waals surface area contributed by atoms with Gasteiger partial charge < -0.3 is 0 Å². The van der Waals surface area contributed by atoms with E-state index in [4.69, 9.17) is 0 Å². The molecule has 0 spiro atoms. The second kappa shape index (κ2) is 7.37. The molecule has 0 unspecified atom stereocenters. The number of hydrogen-bond acceptors (Lipinski definition) is 0. The zero-order valence-electron chi connectivity index (χ0n) is 16.8. The van der Waals surface area contributed by atoms with Crippen LogP contribution >= 0.6 is 15.9 Å². The Balaban J connectivity index is 1.67. The van der Waals surface area contributed by atoms with Crippen molar-refractivity contribution in [3.63, 3.8) is 0 Å². The summed E-state index contributed by atoms with van der Waals surface area (Å²) in [5, 5.41) is 7.52. The van der Waals surface area contributed by atoms with Crippen LogP contribution in [0.2, 0.25) is 0 Å². The van der Waals surface area contributed by atoms with Crippen LogP contribution in [-0.2, 0) is 0 Å². The third-order valence-electron chi connectivity index (χ3n) is 6.07. The second-order valence-electron chi connectivity index (χ2n) is 7.99. The first-order chi connectivity index (χ1) is 15.3. The first-order valence-corrected chi connectivity index (χ1v) is 11.3. The molecular weight excluding hydrogens is 440 g/mol. The topological polar surface area (TPSA) is 0 Å². The fraction of sp³-hybridized carbons (Fsp3) is 0. The summed E-state index contributed by atoms with van der Waals surface area (Å²) in [5.41, 5.74) is 4.94. The van der Waals surface area contributed by atoms with Crippen LogP contribution in [0.5, 0.6) is 0 Å². The van der Waals surface area contributed by atoms with Gasteiger partial charge in [-0.05, 0) is 84.9 Å². The first-order valence-electron chi connectivity index (χ1n) is 10.5. The maximum atomic E-state index is 3.86. The second-order valence-corrected chi connectivity index (χ2v) is 8.84. The molecule has 0 heterocycles. The number of benzene rings is 6. The van der Waals surface area contributed by atoms with Crippen molar-refractivity contribution in [3.05, 3.63) is 120 Å². The molecule has 0 bridgehead atoms. The molecule has 0 atom stereocenters. The van der Waals surface area contributed by atoms with Crippen LogP contribution in [0.1, 0.15) is 0 Å². The molecule has 0 saturated heterocycles. The summed E-state index contributed by atoms with van der Waals surface area (Å²) in [4.78, 5) is 0. The molecule has 0 aliphatic rings. The van der Waals surface area contributed by atoms with Gasteiger partial charge in [0.2, 0.25) is 0 Å². The molecule has 0 nitrogen and oxygen atoms in total. The van der Waals surface area contributed by atoms with Gasteiger partial charge in [-0.25, -0.2) is 0 Å². The highest BCUT2D eigenvalue weighted by Crippen LogP contribution is 2.41. The Bertz CT molecular complexity index is 1590. The summed E-state index contributed by atoms with van der Waals surface area (Å²) in [6.45, 7) is 0. The Labute approximate surface area is 189 Å². The average molecular weight is 459 g/mol. The Morgan fingerprint density at radius 1 is 0.355 bits per heavy atom. The maximum Gasteiger partial charge on any atom is 0.0260 e. The number of fused-ring (bicyclic) bond motifs is 3. The summed E-state index contributed by atoms with van der Waals surface area (Å²) in [7, 11) is 0. The lowest BCUT2D eigenvalue weighted by Crippen LogP contribution is -1.89. The van der Waals surface area contributed by atoms with Crippen molar-refractivity contribution in [2.75, 3.05) is 0 Å². The van der Waals surface area contributed by atoms with E-state index in [2.05, 4.69) is 131 Å². The van der Waals surface area contributed by atoms with Gasteiger partial charge in [0, 0.05) is 4.47 Å². The molecule has 0 aromatic heterocycles. The van der Waals surface area contributed by atoms with Crippen molar-refractivity contribution < 1.29 is 0 Å². The van der Waals surface area contributed by atoms with Gasteiger partial charge in [-0.1, -0.05) is 101 Å². The van der Waals surface area contributed by atoms with E-state index in [-0.39, 0.29) is 0 Å². The largest absolute Gasteiger partial charge is 0.0616 e. The summed E-state index contributed by atoms with van der Waals surface area (Å²) < 4.78 is 1.11. The molecule has 0 N–H and O–H groups in total. The summed E-state index contributed by atoms with van der Waals surface area (Å²) in [6, 6.07) is 41.6. The molecule has 0 aliphatic heterocycles. The number of halogens is 1. The fourth-order valence-electron chi connectivity index (χ4n) is 4.48. The van der Waals surface area contributed by atoms with Crippen LogP contribution in [0, 0.1) is 0 Å². The Hall–Kier alpha value is -3.42. The summed E-state index contributed by atoms with van der Waals surface area (Å²) >= 11 is 3.86. The Morgan fingerprint density at radius 2 is 0.806 bits per heavy atom. The molecule has 6 aromatic carbocycles. The van der Waals surface area contributed by atoms with E-state index in [1.54, 1.807) is 0 Å². The molecule has 0 amide bonds. The van der Waals surface area contributed by atoms with E-state index in [1.165, 1.54) is 54.6 Å². The maximum absolute atomic E-state index is 3.86. The lowest BCUT2D eigenvalue weighted by Gasteiger charge is -2.15. The highest BCUT2D eigenvalue weighted by Gasteiger charge is 2.14. The lowest BCUT2D eigenvalue weighted by atomic mass is 9.90. The Morgan fingerprint density at radius 3 is 1.42 bits per heavy atom. The van der Waals surface area contributed by atoms with Crippen molar-refractivity contribution in [1.29, 1.82) is 0 Å². The van der Waals surface area contributed by atoms with Crippen LogP contribution in [0.4, 0.5) is 0 Å². The van der Waals surface area contributed by atoms with Gasteiger partial charge in [-0.2, -0.15) is 0 Å². The predicted molar refractivity (Wildman–Crippen MR) is 138 cm³/mol. The fourth-order valence-corrected chi connectivity index (χ4v) is 5.05. The van der Waals surface area contributed by atoms with Crippen molar-refractivity contribution in [1.82, 2.24) is 0 Å². The SMILES string of the molecule is Brc1cc2ccccc2cc1-c1cc2ccccc2cc1-c1ccc2ccccc2c1. The molecule has 0 fully saturated rings. The van der Waals surface area contributed by atoms with E-state index < -0.39 is 0 Å². The van der Waals surface area contributed by atoms with Gasteiger partial charge >= 0.3 is 0 Å². The van der Waals surface area contributed by atoms with Crippen molar-refractivity contribution >= 4 is 48.2 Å². The minimum atomic E-state index is 1.11. The molecule has 1 heteroatoms. The zero-order chi connectivity index (χ0) is 20.8. The standard InChI is InChI=1S/C30H19Br/c31-30-19-25-12-6-5-11-24(25)18-29(30)28-17-23-10-4-3-9-22(23)16-27(28)26-14-13-20-7-1-2-8-21(20)15-26/h1-19H. The van der Waals surface area contributed by atoms with E-state index >= 15 is 0 Å². The molecular formula is C30H19Br. The van der Waals surface area contributed by atoms with Gasteiger partial charge in [-0.3, -0.25) is 0 Å². The lowest BCUT2D eigenvalue weighted by molar-refractivity contribution is 1.61. The van der Waals surface area contributed by atoms with Crippen molar-refractivity contribution in [2.45, 2.75) is 0 Å².